The van der Waals surface area contributed by atoms with Crippen LogP contribution in [0.3, 0.4) is 0 Å². The third kappa shape index (κ3) is 3.45. The van der Waals surface area contributed by atoms with Crippen molar-refractivity contribution >= 4 is 12.1 Å². The van der Waals surface area contributed by atoms with Gasteiger partial charge in [0, 0.05) is 10.8 Å². The van der Waals surface area contributed by atoms with Gasteiger partial charge in [-0.05, 0) is 27.8 Å². The number of rotatable bonds is 6. The number of hydrogen-bond acceptors (Lipinski definition) is 4. The van der Waals surface area contributed by atoms with Gasteiger partial charge in [0.2, 0.25) is 0 Å². The van der Waals surface area contributed by atoms with Gasteiger partial charge in [0.05, 0.1) is 6.54 Å². The van der Waals surface area contributed by atoms with Gasteiger partial charge in [0.25, 0.3) is 0 Å². The minimum Gasteiger partial charge on any atom is -0.480 e. The van der Waals surface area contributed by atoms with Gasteiger partial charge in [-0.25, -0.2) is 9.59 Å². The molecule has 0 spiro atoms. The molecule has 1 amide bonds. The summed E-state index contributed by atoms with van der Waals surface area (Å²) in [7, 11) is 0. The van der Waals surface area contributed by atoms with E-state index in [0.29, 0.717) is 0 Å². The average Bonchev–Trinajstić information content (AvgIpc) is 2.97. The molecule has 8 heteroatoms. The quantitative estimate of drug-likeness (QED) is 0.470. The smallest absolute Gasteiger partial charge is 0.407 e. The Morgan fingerprint density at radius 3 is 2.27 bits per heavy atom. The number of hydrogen-bond donors (Lipinski definition) is 2. The third-order valence-electron chi connectivity index (χ3n) is 4.26. The number of alkyl carbamates (subject to hydrolysis) is 1. The molecule has 1 aliphatic carbocycles. The van der Waals surface area contributed by atoms with Crippen LogP contribution in [0.15, 0.2) is 53.6 Å². The number of fused-ring (bicyclic) bond motifs is 3. The standard InChI is InChI=1S/C18H16N4O4/c19-22-20-9-16(17(23)24)21-18(25)26-10-15-13-7-3-1-5-11(13)12-6-2-4-8-14(12)15/h1-8,15-16H,9-10H2,(H,21,25)(H,23,24)/t16-/m0/s1. The van der Waals surface area contributed by atoms with Crippen LogP contribution in [0, 0.1) is 0 Å². The van der Waals surface area contributed by atoms with E-state index < -0.39 is 24.6 Å². The number of carbonyl (C=O) groups excluding carboxylic acids is 1. The number of ether oxygens (including phenoxy) is 1. The summed E-state index contributed by atoms with van der Waals surface area (Å²) in [5.41, 5.74) is 12.6. The van der Waals surface area contributed by atoms with E-state index in [4.69, 9.17) is 15.4 Å². The Kier molecular flexibility index (Phi) is 5.05. The summed E-state index contributed by atoms with van der Waals surface area (Å²) in [6.45, 7) is -0.316. The second kappa shape index (κ2) is 7.58. The number of nitrogens with zero attached hydrogens (tertiary/aromatic N) is 3. The van der Waals surface area contributed by atoms with Gasteiger partial charge in [-0.3, -0.25) is 0 Å². The van der Waals surface area contributed by atoms with Gasteiger partial charge in [0.1, 0.15) is 12.6 Å². The predicted molar refractivity (Wildman–Crippen MR) is 93.6 cm³/mol. The first kappa shape index (κ1) is 17.3. The predicted octanol–water partition coefficient (Wildman–Crippen LogP) is 3.29. The molecule has 132 valence electrons. The zero-order valence-electron chi connectivity index (χ0n) is 13.7. The Morgan fingerprint density at radius 2 is 1.73 bits per heavy atom. The molecular weight excluding hydrogens is 336 g/mol. The molecule has 0 aliphatic heterocycles. The Bertz CT molecular complexity index is 847. The molecular formula is C18H16N4O4. The van der Waals surface area contributed by atoms with Crippen LogP contribution in [0.2, 0.25) is 0 Å². The Labute approximate surface area is 149 Å². The Balaban J connectivity index is 1.70. The largest absolute Gasteiger partial charge is 0.480 e. The molecule has 0 fully saturated rings. The monoisotopic (exact) mass is 352 g/mol. The molecule has 0 aromatic heterocycles. The first-order valence-electron chi connectivity index (χ1n) is 7.97. The molecule has 3 rings (SSSR count). The molecule has 2 aromatic carbocycles. The van der Waals surface area contributed by atoms with Crippen LogP contribution in [-0.4, -0.2) is 36.4 Å². The van der Waals surface area contributed by atoms with Gasteiger partial charge in [-0.15, -0.1) is 0 Å². The summed E-state index contributed by atoms with van der Waals surface area (Å²) in [6.07, 6.45) is -0.868. The van der Waals surface area contributed by atoms with Crippen molar-refractivity contribution < 1.29 is 19.4 Å². The van der Waals surface area contributed by atoms with Crippen molar-refractivity contribution in [2.45, 2.75) is 12.0 Å². The molecule has 8 nitrogen and oxygen atoms in total. The van der Waals surface area contributed by atoms with E-state index in [2.05, 4.69) is 15.3 Å². The fourth-order valence-electron chi connectivity index (χ4n) is 3.09. The van der Waals surface area contributed by atoms with E-state index in [0.717, 1.165) is 22.3 Å². The van der Waals surface area contributed by atoms with Crippen molar-refractivity contribution in [1.82, 2.24) is 5.32 Å². The number of carboxylic acids is 1. The van der Waals surface area contributed by atoms with E-state index in [1.54, 1.807) is 0 Å². The molecule has 0 radical (unpaired) electrons. The maximum atomic E-state index is 12.0. The summed E-state index contributed by atoms with van der Waals surface area (Å²) in [5.74, 6) is -1.42. The van der Waals surface area contributed by atoms with Crippen molar-refractivity contribution in [3.05, 3.63) is 70.1 Å². The van der Waals surface area contributed by atoms with E-state index >= 15 is 0 Å². The topological polar surface area (TPSA) is 124 Å². The van der Waals surface area contributed by atoms with Crippen LogP contribution in [0.4, 0.5) is 4.79 Å². The zero-order valence-corrected chi connectivity index (χ0v) is 13.7. The molecule has 0 saturated carbocycles. The van der Waals surface area contributed by atoms with E-state index in [9.17, 15) is 9.59 Å². The highest BCUT2D eigenvalue weighted by molar-refractivity contribution is 5.81. The highest BCUT2D eigenvalue weighted by atomic mass is 16.5. The van der Waals surface area contributed by atoms with Gasteiger partial charge >= 0.3 is 12.1 Å². The molecule has 1 atom stereocenters. The van der Waals surface area contributed by atoms with Gasteiger partial charge in [0.15, 0.2) is 0 Å². The lowest BCUT2D eigenvalue weighted by Crippen LogP contribution is -2.43. The van der Waals surface area contributed by atoms with Crippen molar-refractivity contribution in [3.8, 4) is 11.1 Å². The summed E-state index contributed by atoms with van der Waals surface area (Å²) in [5, 5.41) is 14.4. The highest BCUT2D eigenvalue weighted by Crippen LogP contribution is 2.44. The van der Waals surface area contributed by atoms with Crippen LogP contribution < -0.4 is 5.32 Å². The highest BCUT2D eigenvalue weighted by Gasteiger charge is 2.29. The summed E-state index contributed by atoms with van der Waals surface area (Å²) >= 11 is 0. The molecule has 26 heavy (non-hydrogen) atoms. The first-order chi connectivity index (χ1) is 12.6. The minimum absolute atomic E-state index is 0.0771. The number of carboxylic acid groups (broad SMARTS) is 1. The van der Waals surface area contributed by atoms with Gasteiger partial charge in [-0.1, -0.05) is 53.6 Å². The number of nitrogens with one attached hydrogen (secondary N) is 1. The lowest BCUT2D eigenvalue weighted by Gasteiger charge is -2.16. The third-order valence-corrected chi connectivity index (χ3v) is 4.26. The minimum atomic E-state index is -1.33. The molecule has 0 unspecified atom stereocenters. The molecule has 2 aromatic rings. The second-order valence-electron chi connectivity index (χ2n) is 5.77. The van der Waals surface area contributed by atoms with Crippen LogP contribution in [-0.2, 0) is 9.53 Å². The number of benzene rings is 2. The maximum absolute atomic E-state index is 12.0. The van der Waals surface area contributed by atoms with E-state index in [1.807, 2.05) is 48.5 Å². The molecule has 0 heterocycles. The maximum Gasteiger partial charge on any atom is 0.407 e. The molecule has 0 saturated heterocycles. The normalized spacial score (nSPS) is 13.1. The molecule has 1 aliphatic rings. The van der Waals surface area contributed by atoms with Crippen LogP contribution >= 0.6 is 0 Å². The SMILES string of the molecule is [N-]=[N+]=NC[C@H](NC(=O)OCC1c2ccccc2-c2ccccc21)C(=O)O. The first-order valence-corrected chi connectivity index (χ1v) is 7.97. The Morgan fingerprint density at radius 1 is 1.15 bits per heavy atom. The fourth-order valence-corrected chi connectivity index (χ4v) is 3.09. The van der Waals surface area contributed by atoms with Crippen LogP contribution in [0.5, 0.6) is 0 Å². The summed E-state index contributed by atoms with van der Waals surface area (Å²) in [4.78, 5) is 25.5. The molecule has 2 N–H and O–H groups in total. The number of aliphatic carboxylic acids is 1. The molecule has 0 bridgehead atoms. The second-order valence-corrected chi connectivity index (χ2v) is 5.77. The summed E-state index contributed by atoms with van der Waals surface area (Å²) in [6, 6.07) is 14.5. The fraction of sp³-hybridized carbons (Fsp3) is 0.222. The number of amides is 1. The van der Waals surface area contributed by atoms with Gasteiger partial charge in [-0.2, -0.15) is 0 Å². The van der Waals surface area contributed by atoms with Crippen molar-refractivity contribution in [2.24, 2.45) is 5.11 Å². The average molecular weight is 352 g/mol. The van der Waals surface area contributed by atoms with E-state index in [1.165, 1.54) is 0 Å². The lowest BCUT2D eigenvalue weighted by molar-refractivity contribution is -0.139. The van der Waals surface area contributed by atoms with Crippen molar-refractivity contribution in [2.75, 3.05) is 13.2 Å². The zero-order chi connectivity index (χ0) is 18.5. The van der Waals surface area contributed by atoms with Gasteiger partial charge < -0.3 is 15.2 Å². The lowest BCUT2D eigenvalue weighted by atomic mass is 9.98. The summed E-state index contributed by atoms with van der Waals surface area (Å²) < 4.78 is 5.25. The number of carbonyl (C=O) groups is 2. The van der Waals surface area contributed by atoms with Crippen molar-refractivity contribution in [3.63, 3.8) is 0 Å². The van der Waals surface area contributed by atoms with E-state index in [-0.39, 0.29) is 12.5 Å². The Hall–Kier alpha value is -3.51. The van der Waals surface area contributed by atoms with Crippen molar-refractivity contribution in [1.29, 1.82) is 0 Å². The number of azide groups is 1. The van der Waals surface area contributed by atoms with Crippen LogP contribution in [0.1, 0.15) is 17.0 Å². The van der Waals surface area contributed by atoms with Crippen LogP contribution in [0.25, 0.3) is 21.6 Å².